The van der Waals surface area contributed by atoms with Gasteiger partial charge in [-0.3, -0.25) is 0 Å². The standard InChI is InChI=1S/C12H16BNO3/c1-7-9-3-4-15-6-10-8(2)16-13(12(9)10)17-11(7)5-14/h3-4,8,11H,5-6,14H2,1-2H3/t8?,11-/m1/s1. The molecular weight excluding hydrogens is 217 g/mol. The third kappa shape index (κ3) is 1.57. The largest absolute Gasteiger partial charge is 0.497 e. The molecule has 0 radical (unpaired) electrons. The molecule has 4 nitrogen and oxygen atoms in total. The van der Waals surface area contributed by atoms with Crippen LogP contribution in [0.15, 0.2) is 34.5 Å². The molecule has 0 aliphatic carbocycles. The molecule has 0 spiro atoms. The molecule has 2 atom stereocenters. The Balaban J connectivity index is 2.14. The molecule has 0 aromatic heterocycles. The Morgan fingerprint density at radius 2 is 2.29 bits per heavy atom. The number of rotatable bonds is 1. The lowest BCUT2D eigenvalue weighted by Crippen LogP contribution is -2.39. The van der Waals surface area contributed by atoms with Crippen LogP contribution in [0, 0.1) is 0 Å². The summed E-state index contributed by atoms with van der Waals surface area (Å²) in [5.41, 5.74) is 10.4. The predicted molar refractivity (Wildman–Crippen MR) is 65.0 cm³/mol. The van der Waals surface area contributed by atoms with E-state index in [-0.39, 0.29) is 19.3 Å². The third-order valence-electron chi connectivity index (χ3n) is 3.67. The van der Waals surface area contributed by atoms with E-state index in [9.17, 15) is 0 Å². The van der Waals surface area contributed by atoms with Crippen LogP contribution in [0.2, 0.25) is 0 Å². The lowest BCUT2D eigenvalue weighted by atomic mass is 9.69. The van der Waals surface area contributed by atoms with Crippen molar-refractivity contribution in [3.8, 4) is 0 Å². The van der Waals surface area contributed by atoms with Crippen LogP contribution in [0.4, 0.5) is 0 Å². The van der Waals surface area contributed by atoms with Gasteiger partial charge in [0.25, 0.3) is 0 Å². The van der Waals surface area contributed by atoms with Gasteiger partial charge in [-0.1, -0.05) is 0 Å². The molecule has 0 amide bonds. The molecule has 3 aliphatic rings. The van der Waals surface area contributed by atoms with Gasteiger partial charge in [0, 0.05) is 6.54 Å². The lowest BCUT2D eigenvalue weighted by molar-refractivity contribution is 0.146. The normalized spacial score (nSPS) is 31.6. The van der Waals surface area contributed by atoms with Gasteiger partial charge in [-0.05, 0) is 42.1 Å². The van der Waals surface area contributed by atoms with E-state index in [1.165, 1.54) is 11.1 Å². The molecule has 17 heavy (non-hydrogen) atoms. The topological polar surface area (TPSA) is 53.7 Å². The Morgan fingerprint density at radius 3 is 3.06 bits per heavy atom. The summed E-state index contributed by atoms with van der Waals surface area (Å²) in [5.74, 6) is 0. The summed E-state index contributed by atoms with van der Waals surface area (Å²) in [4.78, 5) is 0. The molecule has 0 fully saturated rings. The van der Waals surface area contributed by atoms with E-state index in [1.807, 2.05) is 13.0 Å². The van der Waals surface area contributed by atoms with Gasteiger partial charge in [-0.2, -0.15) is 0 Å². The van der Waals surface area contributed by atoms with Crippen LogP contribution in [0.1, 0.15) is 13.8 Å². The minimum absolute atomic E-state index is 0.0502. The second-order valence-electron chi connectivity index (χ2n) is 4.62. The SMILES string of the molecule is CC1=C2C=COCC3=C2B(OC3C)O[C@@H]1CN. The van der Waals surface area contributed by atoms with Crippen molar-refractivity contribution in [3.63, 3.8) is 0 Å². The van der Waals surface area contributed by atoms with Crippen LogP contribution in [0.5, 0.6) is 0 Å². The van der Waals surface area contributed by atoms with Crippen molar-refractivity contribution >= 4 is 7.12 Å². The molecule has 5 heteroatoms. The number of hydrogen-bond donors (Lipinski definition) is 1. The highest BCUT2D eigenvalue weighted by molar-refractivity contribution is 6.57. The fourth-order valence-corrected chi connectivity index (χ4v) is 2.65. The van der Waals surface area contributed by atoms with E-state index in [4.69, 9.17) is 19.8 Å². The van der Waals surface area contributed by atoms with Crippen molar-refractivity contribution in [1.29, 1.82) is 0 Å². The first kappa shape index (κ1) is 11.1. The molecule has 90 valence electrons. The second kappa shape index (κ2) is 4.01. The molecular formula is C12H16BNO3. The molecule has 3 aliphatic heterocycles. The van der Waals surface area contributed by atoms with Crippen LogP contribution >= 0.6 is 0 Å². The van der Waals surface area contributed by atoms with Gasteiger partial charge in [0.05, 0.1) is 18.5 Å². The minimum atomic E-state index is -0.279. The molecule has 0 aromatic carbocycles. The summed E-state index contributed by atoms with van der Waals surface area (Å²) in [6, 6.07) is 0. The molecule has 0 aromatic rings. The molecule has 1 unspecified atom stereocenters. The second-order valence-corrected chi connectivity index (χ2v) is 4.62. The van der Waals surface area contributed by atoms with E-state index < -0.39 is 0 Å². The average molecular weight is 233 g/mol. The smallest absolute Gasteiger partial charge is 0.495 e. The van der Waals surface area contributed by atoms with Gasteiger partial charge in [0.15, 0.2) is 0 Å². The van der Waals surface area contributed by atoms with Crippen LogP contribution in [0.3, 0.4) is 0 Å². The molecule has 0 saturated carbocycles. The van der Waals surface area contributed by atoms with Crippen molar-refractivity contribution in [2.75, 3.05) is 13.2 Å². The van der Waals surface area contributed by atoms with Gasteiger partial charge in [0.2, 0.25) is 0 Å². The highest BCUT2D eigenvalue weighted by Gasteiger charge is 2.45. The molecule has 3 heterocycles. The fraction of sp³-hybridized carbons (Fsp3) is 0.500. The van der Waals surface area contributed by atoms with Crippen LogP contribution in [-0.2, 0) is 14.0 Å². The van der Waals surface area contributed by atoms with Gasteiger partial charge in [-0.25, -0.2) is 0 Å². The Labute approximate surface area is 101 Å². The van der Waals surface area contributed by atoms with Crippen LogP contribution in [-0.4, -0.2) is 32.5 Å². The molecule has 3 rings (SSSR count). The van der Waals surface area contributed by atoms with Gasteiger partial charge in [-0.15, -0.1) is 0 Å². The number of nitrogens with two attached hydrogens (primary N) is 1. The number of hydrogen-bond acceptors (Lipinski definition) is 4. The molecule has 0 bridgehead atoms. The Hall–Kier alpha value is -1.04. The van der Waals surface area contributed by atoms with Crippen LogP contribution in [0.25, 0.3) is 0 Å². The van der Waals surface area contributed by atoms with E-state index in [2.05, 4.69) is 6.92 Å². The predicted octanol–water partition coefficient (Wildman–Crippen LogP) is 0.947. The zero-order valence-electron chi connectivity index (χ0n) is 10.1. The summed E-state index contributed by atoms with van der Waals surface area (Å²) in [6.07, 6.45) is 3.74. The molecule has 0 saturated heterocycles. The summed E-state index contributed by atoms with van der Waals surface area (Å²) >= 11 is 0. The highest BCUT2D eigenvalue weighted by Crippen LogP contribution is 2.39. The van der Waals surface area contributed by atoms with Gasteiger partial charge < -0.3 is 19.8 Å². The Kier molecular flexibility index (Phi) is 2.62. The minimum Gasteiger partial charge on any atom is -0.497 e. The Bertz CT molecular complexity index is 441. The number of ether oxygens (including phenoxy) is 1. The zero-order chi connectivity index (χ0) is 12.0. The van der Waals surface area contributed by atoms with Gasteiger partial charge in [0.1, 0.15) is 6.61 Å². The third-order valence-corrected chi connectivity index (χ3v) is 3.67. The average Bonchev–Trinajstić information content (AvgIpc) is 2.53. The maximum Gasteiger partial charge on any atom is 0.495 e. The van der Waals surface area contributed by atoms with Crippen molar-refractivity contribution in [2.45, 2.75) is 26.1 Å². The summed E-state index contributed by atoms with van der Waals surface area (Å²) in [5, 5.41) is 0. The maximum atomic E-state index is 5.88. The van der Waals surface area contributed by atoms with E-state index >= 15 is 0 Å². The summed E-state index contributed by atoms with van der Waals surface area (Å²) in [6.45, 7) is 5.15. The quantitative estimate of drug-likeness (QED) is 0.685. The molecule has 2 N–H and O–H groups in total. The monoisotopic (exact) mass is 233 g/mol. The lowest BCUT2D eigenvalue weighted by Gasteiger charge is -2.28. The van der Waals surface area contributed by atoms with Crippen molar-refractivity contribution in [3.05, 3.63) is 34.5 Å². The first-order valence-electron chi connectivity index (χ1n) is 5.95. The fourth-order valence-electron chi connectivity index (χ4n) is 2.65. The zero-order valence-corrected chi connectivity index (χ0v) is 10.1. The summed E-state index contributed by atoms with van der Waals surface area (Å²) in [7, 11) is -0.279. The first-order valence-corrected chi connectivity index (χ1v) is 5.95. The van der Waals surface area contributed by atoms with E-state index in [0.29, 0.717) is 13.2 Å². The highest BCUT2D eigenvalue weighted by atomic mass is 16.6. The maximum absolute atomic E-state index is 5.88. The van der Waals surface area contributed by atoms with Crippen molar-refractivity contribution in [1.82, 2.24) is 0 Å². The van der Waals surface area contributed by atoms with Gasteiger partial charge >= 0.3 is 7.12 Å². The van der Waals surface area contributed by atoms with E-state index in [1.54, 1.807) is 6.26 Å². The summed E-state index contributed by atoms with van der Waals surface area (Å²) < 4.78 is 17.2. The number of allylic oxidation sites excluding steroid dienone is 3. The van der Waals surface area contributed by atoms with E-state index in [0.717, 1.165) is 11.0 Å². The van der Waals surface area contributed by atoms with Crippen LogP contribution < -0.4 is 5.73 Å². The van der Waals surface area contributed by atoms with Crippen molar-refractivity contribution in [2.24, 2.45) is 5.73 Å². The van der Waals surface area contributed by atoms with Crippen molar-refractivity contribution < 1.29 is 14.0 Å². The Morgan fingerprint density at radius 1 is 1.47 bits per heavy atom. The first-order chi connectivity index (χ1) is 8.22.